The van der Waals surface area contributed by atoms with Crippen molar-refractivity contribution in [3.8, 4) is 0 Å². The molecule has 0 bridgehead atoms. The zero-order valence-corrected chi connectivity index (χ0v) is 13.1. The number of nitrogens with one attached hydrogen (secondary N) is 1. The summed E-state index contributed by atoms with van der Waals surface area (Å²) in [5, 5.41) is 0. The number of aryl methyl sites for hydroxylation is 2. The lowest BCUT2D eigenvalue weighted by molar-refractivity contribution is 0.411. The van der Waals surface area contributed by atoms with Crippen molar-refractivity contribution in [2.45, 2.75) is 38.5 Å². The van der Waals surface area contributed by atoms with Crippen molar-refractivity contribution in [2.75, 3.05) is 18.5 Å². The van der Waals surface area contributed by atoms with Crippen LogP contribution in [0.15, 0.2) is 17.0 Å². The second-order valence-electron chi connectivity index (χ2n) is 5.48. The number of nitrogen functional groups attached to an aromatic ring is 1. The van der Waals surface area contributed by atoms with Crippen molar-refractivity contribution >= 4 is 15.7 Å². The standard InChI is InChI=1S/C14H23N3O2S/c1-4-17(9-12-5-6-12)20(18,19)14-10(2)7-13(16-15)8-11(14)3/h7-8,12,16H,4-6,9,15H2,1-3H3. The van der Waals surface area contributed by atoms with Gasteiger partial charge in [-0.3, -0.25) is 5.84 Å². The molecule has 112 valence electrons. The van der Waals surface area contributed by atoms with E-state index in [2.05, 4.69) is 5.43 Å². The Morgan fingerprint density at radius 2 is 1.85 bits per heavy atom. The number of nitrogens with zero attached hydrogens (tertiary/aromatic N) is 1. The molecule has 6 heteroatoms. The van der Waals surface area contributed by atoms with Crippen LogP contribution in [0.1, 0.15) is 30.9 Å². The molecule has 0 aromatic heterocycles. The molecule has 0 heterocycles. The number of hydrogen-bond acceptors (Lipinski definition) is 4. The SMILES string of the molecule is CCN(CC1CC1)S(=O)(=O)c1c(C)cc(NN)cc1C. The highest BCUT2D eigenvalue weighted by molar-refractivity contribution is 7.89. The number of hydrogen-bond donors (Lipinski definition) is 2. The maximum atomic E-state index is 12.8. The third-order valence-corrected chi connectivity index (χ3v) is 5.98. The van der Waals surface area contributed by atoms with Crippen LogP contribution in [0.5, 0.6) is 0 Å². The van der Waals surface area contributed by atoms with Crippen LogP contribution >= 0.6 is 0 Å². The second-order valence-corrected chi connectivity index (χ2v) is 7.36. The Hall–Kier alpha value is -1.11. The molecule has 1 aliphatic carbocycles. The summed E-state index contributed by atoms with van der Waals surface area (Å²) in [7, 11) is -3.43. The highest BCUT2D eigenvalue weighted by Gasteiger charge is 2.32. The van der Waals surface area contributed by atoms with Gasteiger partial charge < -0.3 is 5.43 Å². The molecule has 2 rings (SSSR count). The first-order chi connectivity index (χ1) is 9.40. The first kappa shape index (κ1) is 15.3. The van der Waals surface area contributed by atoms with Gasteiger partial charge in [-0.15, -0.1) is 0 Å². The molecule has 1 aromatic rings. The fourth-order valence-corrected chi connectivity index (χ4v) is 4.49. The van der Waals surface area contributed by atoms with Crippen molar-refractivity contribution in [2.24, 2.45) is 11.8 Å². The summed E-state index contributed by atoms with van der Waals surface area (Å²) in [5.41, 5.74) is 4.75. The van der Waals surface area contributed by atoms with E-state index in [9.17, 15) is 8.42 Å². The summed E-state index contributed by atoms with van der Waals surface area (Å²) in [4.78, 5) is 0.416. The van der Waals surface area contributed by atoms with Gasteiger partial charge >= 0.3 is 0 Å². The molecular weight excluding hydrogens is 274 g/mol. The predicted molar refractivity (Wildman–Crippen MR) is 80.9 cm³/mol. The van der Waals surface area contributed by atoms with E-state index in [1.807, 2.05) is 20.8 Å². The Bertz CT molecular complexity index is 571. The molecule has 1 aromatic carbocycles. The first-order valence-corrected chi connectivity index (χ1v) is 8.42. The number of benzene rings is 1. The van der Waals surface area contributed by atoms with E-state index in [4.69, 9.17) is 5.84 Å². The van der Waals surface area contributed by atoms with Gasteiger partial charge in [0.15, 0.2) is 0 Å². The van der Waals surface area contributed by atoms with Gasteiger partial charge in [-0.1, -0.05) is 6.92 Å². The van der Waals surface area contributed by atoms with E-state index in [0.29, 0.717) is 23.9 Å². The quantitative estimate of drug-likeness (QED) is 0.622. The molecule has 0 unspecified atom stereocenters. The Morgan fingerprint density at radius 3 is 2.25 bits per heavy atom. The van der Waals surface area contributed by atoms with Gasteiger partial charge in [-0.25, -0.2) is 8.42 Å². The minimum atomic E-state index is -3.43. The summed E-state index contributed by atoms with van der Waals surface area (Å²) in [6.45, 7) is 6.65. The molecule has 0 amide bonds. The van der Waals surface area contributed by atoms with Crippen LogP contribution in [0, 0.1) is 19.8 Å². The largest absolute Gasteiger partial charge is 0.324 e. The highest BCUT2D eigenvalue weighted by atomic mass is 32.2. The zero-order chi connectivity index (χ0) is 14.9. The zero-order valence-electron chi connectivity index (χ0n) is 12.3. The fraction of sp³-hybridized carbons (Fsp3) is 0.571. The normalized spacial score (nSPS) is 15.7. The molecule has 0 spiro atoms. The summed E-state index contributed by atoms with van der Waals surface area (Å²) in [6.07, 6.45) is 2.28. The number of rotatable bonds is 6. The molecule has 5 nitrogen and oxygen atoms in total. The minimum absolute atomic E-state index is 0.416. The van der Waals surface area contributed by atoms with Crippen LogP contribution in [0.2, 0.25) is 0 Å². The van der Waals surface area contributed by atoms with Crippen molar-refractivity contribution in [3.05, 3.63) is 23.3 Å². The number of anilines is 1. The molecule has 1 fully saturated rings. The van der Waals surface area contributed by atoms with E-state index in [-0.39, 0.29) is 0 Å². The lowest BCUT2D eigenvalue weighted by atomic mass is 10.1. The van der Waals surface area contributed by atoms with Crippen LogP contribution in [0.25, 0.3) is 0 Å². The lowest BCUT2D eigenvalue weighted by Crippen LogP contribution is -2.33. The smallest absolute Gasteiger partial charge is 0.243 e. The third-order valence-electron chi connectivity index (χ3n) is 3.74. The van der Waals surface area contributed by atoms with Gasteiger partial charge in [0.25, 0.3) is 0 Å². The maximum absolute atomic E-state index is 12.8. The molecule has 0 saturated heterocycles. The monoisotopic (exact) mass is 297 g/mol. The number of nitrogens with two attached hydrogens (primary N) is 1. The van der Waals surface area contributed by atoms with E-state index < -0.39 is 10.0 Å². The maximum Gasteiger partial charge on any atom is 0.243 e. The molecule has 20 heavy (non-hydrogen) atoms. The summed E-state index contributed by atoms with van der Waals surface area (Å²) in [6, 6.07) is 3.54. The van der Waals surface area contributed by atoms with Crippen LogP contribution in [-0.4, -0.2) is 25.8 Å². The predicted octanol–water partition coefficient (Wildman–Crippen LogP) is 2.01. The van der Waals surface area contributed by atoms with Crippen LogP contribution in [0.4, 0.5) is 5.69 Å². The Balaban J connectivity index is 2.41. The molecule has 0 atom stereocenters. The molecular formula is C14H23N3O2S. The average Bonchev–Trinajstić information content (AvgIpc) is 3.18. The van der Waals surface area contributed by atoms with Gasteiger partial charge in [-0.05, 0) is 55.9 Å². The Morgan fingerprint density at radius 1 is 1.30 bits per heavy atom. The average molecular weight is 297 g/mol. The van der Waals surface area contributed by atoms with Crippen LogP contribution in [-0.2, 0) is 10.0 Å². The van der Waals surface area contributed by atoms with Crippen LogP contribution < -0.4 is 11.3 Å². The summed E-state index contributed by atoms with van der Waals surface area (Å²) >= 11 is 0. The highest BCUT2D eigenvalue weighted by Crippen LogP contribution is 2.33. The molecule has 0 radical (unpaired) electrons. The number of sulfonamides is 1. The lowest BCUT2D eigenvalue weighted by Gasteiger charge is -2.23. The van der Waals surface area contributed by atoms with E-state index >= 15 is 0 Å². The van der Waals surface area contributed by atoms with Crippen molar-refractivity contribution in [1.29, 1.82) is 0 Å². The molecule has 0 aliphatic heterocycles. The molecule has 3 N–H and O–H groups in total. The second kappa shape index (κ2) is 5.71. The van der Waals surface area contributed by atoms with E-state index in [1.165, 1.54) is 0 Å². The Kier molecular flexibility index (Phi) is 4.36. The first-order valence-electron chi connectivity index (χ1n) is 6.98. The topological polar surface area (TPSA) is 75.4 Å². The third kappa shape index (κ3) is 2.97. The fourth-order valence-electron chi connectivity index (χ4n) is 2.56. The van der Waals surface area contributed by atoms with Gasteiger partial charge in [0.1, 0.15) is 0 Å². The van der Waals surface area contributed by atoms with E-state index in [1.54, 1.807) is 16.4 Å². The summed E-state index contributed by atoms with van der Waals surface area (Å²) < 4.78 is 27.3. The Labute approximate surface area is 121 Å². The van der Waals surface area contributed by atoms with Gasteiger partial charge in [0.05, 0.1) is 4.90 Å². The van der Waals surface area contributed by atoms with E-state index in [0.717, 1.165) is 29.7 Å². The van der Waals surface area contributed by atoms with Crippen molar-refractivity contribution in [1.82, 2.24) is 4.31 Å². The summed E-state index contributed by atoms with van der Waals surface area (Å²) in [5.74, 6) is 5.93. The van der Waals surface area contributed by atoms with Gasteiger partial charge in [0.2, 0.25) is 10.0 Å². The van der Waals surface area contributed by atoms with Crippen molar-refractivity contribution in [3.63, 3.8) is 0 Å². The molecule has 1 saturated carbocycles. The van der Waals surface area contributed by atoms with Gasteiger partial charge in [-0.2, -0.15) is 4.31 Å². The molecule has 1 aliphatic rings. The van der Waals surface area contributed by atoms with Crippen LogP contribution in [0.3, 0.4) is 0 Å². The van der Waals surface area contributed by atoms with Gasteiger partial charge in [0, 0.05) is 18.8 Å². The number of hydrazine groups is 1. The minimum Gasteiger partial charge on any atom is -0.324 e. The van der Waals surface area contributed by atoms with Crippen molar-refractivity contribution < 1.29 is 8.42 Å².